The Labute approximate surface area is 159 Å². The molecule has 0 aliphatic heterocycles. The molecule has 3 unspecified atom stereocenters. The standard InChI is InChI=1S/C18H38O7S/c1-6-16(3)12-8-10-15-24-25-17(26(19,20)21)18(4,7-2)13-9-11-14-23-22-5/h16-17H,6-15H2,1-5H3,(H,19,20,21). The summed E-state index contributed by atoms with van der Waals surface area (Å²) in [4.78, 5) is 19.7. The van der Waals surface area contributed by atoms with E-state index in [1.54, 1.807) is 6.92 Å². The average Bonchev–Trinajstić information content (AvgIpc) is 2.59. The molecule has 0 aliphatic carbocycles. The van der Waals surface area contributed by atoms with E-state index < -0.39 is 21.0 Å². The molecule has 1 N–H and O–H groups in total. The van der Waals surface area contributed by atoms with Gasteiger partial charge in [0, 0.05) is 5.41 Å². The first kappa shape index (κ1) is 25.8. The minimum absolute atomic E-state index is 0.309. The van der Waals surface area contributed by atoms with Crippen LogP contribution in [-0.2, 0) is 29.7 Å². The number of unbranched alkanes of at least 4 members (excludes halogenated alkanes) is 2. The summed E-state index contributed by atoms with van der Waals surface area (Å²) < 4.78 is 33.3. The van der Waals surface area contributed by atoms with Gasteiger partial charge in [-0.25, -0.2) is 19.6 Å². The molecule has 0 aliphatic rings. The highest BCUT2D eigenvalue weighted by atomic mass is 32.2. The van der Waals surface area contributed by atoms with Crippen LogP contribution < -0.4 is 0 Å². The first-order valence-corrected chi connectivity index (χ1v) is 11.1. The van der Waals surface area contributed by atoms with E-state index in [-0.39, 0.29) is 0 Å². The van der Waals surface area contributed by atoms with E-state index in [1.165, 1.54) is 7.11 Å². The molecule has 0 spiro atoms. The van der Waals surface area contributed by atoms with E-state index in [1.807, 2.05) is 6.92 Å². The van der Waals surface area contributed by atoms with Crippen LogP contribution in [0.15, 0.2) is 0 Å². The molecule has 0 saturated carbocycles. The molecule has 0 aromatic heterocycles. The minimum atomic E-state index is -4.40. The molecule has 8 heteroatoms. The van der Waals surface area contributed by atoms with Crippen LogP contribution in [0.25, 0.3) is 0 Å². The van der Waals surface area contributed by atoms with Crippen LogP contribution in [-0.4, -0.2) is 38.7 Å². The van der Waals surface area contributed by atoms with Crippen molar-refractivity contribution in [3.63, 3.8) is 0 Å². The normalized spacial score (nSPS) is 17.0. The van der Waals surface area contributed by atoms with E-state index in [2.05, 4.69) is 18.7 Å². The third-order valence-corrected chi connectivity index (χ3v) is 6.21. The van der Waals surface area contributed by atoms with Gasteiger partial charge in [0.05, 0.1) is 20.3 Å². The zero-order valence-electron chi connectivity index (χ0n) is 17.0. The van der Waals surface area contributed by atoms with Crippen molar-refractivity contribution < 1.29 is 32.5 Å². The fraction of sp³-hybridized carbons (Fsp3) is 1.00. The number of hydrogen-bond donors (Lipinski definition) is 1. The maximum atomic E-state index is 11.8. The molecule has 0 bridgehead atoms. The maximum Gasteiger partial charge on any atom is 0.296 e. The fourth-order valence-corrected chi connectivity index (χ4v) is 3.89. The van der Waals surface area contributed by atoms with Gasteiger partial charge < -0.3 is 0 Å². The molecule has 3 atom stereocenters. The Morgan fingerprint density at radius 2 is 1.65 bits per heavy atom. The SMILES string of the molecule is CCC(C)CCCCOOC(C(C)(CC)CCCCOOC)S(=O)(=O)O. The molecule has 0 rings (SSSR count). The van der Waals surface area contributed by atoms with Crippen molar-refractivity contribution in [1.29, 1.82) is 0 Å². The summed E-state index contributed by atoms with van der Waals surface area (Å²) in [6, 6.07) is 0. The molecule has 7 nitrogen and oxygen atoms in total. The first-order chi connectivity index (χ1) is 12.2. The second-order valence-corrected chi connectivity index (χ2v) is 8.69. The third-order valence-electron chi connectivity index (χ3n) is 5.02. The van der Waals surface area contributed by atoms with Gasteiger partial charge in [-0.2, -0.15) is 8.42 Å². The average molecular weight is 399 g/mol. The van der Waals surface area contributed by atoms with E-state index in [9.17, 15) is 13.0 Å². The van der Waals surface area contributed by atoms with Crippen LogP contribution in [0.3, 0.4) is 0 Å². The van der Waals surface area contributed by atoms with Crippen LogP contribution in [0.5, 0.6) is 0 Å². The van der Waals surface area contributed by atoms with Crippen molar-refractivity contribution in [3.8, 4) is 0 Å². The lowest BCUT2D eigenvalue weighted by Crippen LogP contribution is -2.40. The predicted octanol–water partition coefficient (Wildman–Crippen LogP) is 4.53. The summed E-state index contributed by atoms with van der Waals surface area (Å²) in [5.41, 5.74) is -2.16. The van der Waals surface area contributed by atoms with Gasteiger partial charge >= 0.3 is 0 Å². The zero-order valence-corrected chi connectivity index (χ0v) is 17.8. The largest absolute Gasteiger partial charge is 0.296 e. The van der Waals surface area contributed by atoms with Crippen molar-refractivity contribution in [3.05, 3.63) is 0 Å². The van der Waals surface area contributed by atoms with Gasteiger partial charge in [0.1, 0.15) is 0 Å². The van der Waals surface area contributed by atoms with Crippen LogP contribution in [0.4, 0.5) is 0 Å². The van der Waals surface area contributed by atoms with Gasteiger partial charge in [-0.3, -0.25) is 4.55 Å². The molecule has 0 aromatic carbocycles. The molecule has 26 heavy (non-hydrogen) atoms. The predicted molar refractivity (Wildman–Crippen MR) is 101 cm³/mol. The Balaban J connectivity index is 4.50. The highest BCUT2D eigenvalue weighted by Crippen LogP contribution is 2.36. The van der Waals surface area contributed by atoms with Gasteiger partial charge in [0.2, 0.25) is 5.44 Å². The summed E-state index contributed by atoms with van der Waals surface area (Å²) in [6.07, 6.45) is 6.57. The van der Waals surface area contributed by atoms with Crippen molar-refractivity contribution in [1.82, 2.24) is 0 Å². The Bertz CT molecular complexity index is 441. The van der Waals surface area contributed by atoms with Crippen LogP contribution in [0.2, 0.25) is 0 Å². The fourth-order valence-electron chi connectivity index (χ4n) is 2.73. The number of rotatable bonds is 17. The van der Waals surface area contributed by atoms with E-state index >= 15 is 0 Å². The lowest BCUT2D eigenvalue weighted by atomic mass is 9.83. The summed E-state index contributed by atoms with van der Waals surface area (Å²) >= 11 is 0. The van der Waals surface area contributed by atoms with Gasteiger partial charge in [0.25, 0.3) is 10.1 Å². The van der Waals surface area contributed by atoms with Crippen molar-refractivity contribution >= 4 is 10.1 Å². The highest BCUT2D eigenvalue weighted by molar-refractivity contribution is 7.86. The molecule has 158 valence electrons. The van der Waals surface area contributed by atoms with E-state index in [4.69, 9.17) is 14.7 Å². The van der Waals surface area contributed by atoms with Crippen LogP contribution >= 0.6 is 0 Å². The van der Waals surface area contributed by atoms with Crippen LogP contribution in [0, 0.1) is 11.3 Å². The maximum absolute atomic E-state index is 11.8. The molecule has 0 heterocycles. The topological polar surface area (TPSA) is 91.3 Å². The van der Waals surface area contributed by atoms with Gasteiger partial charge in [-0.1, -0.05) is 53.4 Å². The van der Waals surface area contributed by atoms with Crippen molar-refractivity contribution in [2.24, 2.45) is 11.3 Å². The van der Waals surface area contributed by atoms with E-state index in [0.29, 0.717) is 32.0 Å². The second-order valence-electron chi connectivity index (χ2n) is 7.23. The molecule has 0 aromatic rings. The molecule has 0 fully saturated rings. The first-order valence-electron chi connectivity index (χ1n) is 9.61. The number of hydrogen-bond acceptors (Lipinski definition) is 6. The summed E-state index contributed by atoms with van der Waals surface area (Å²) in [7, 11) is -2.95. The van der Waals surface area contributed by atoms with E-state index in [0.717, 1.165) is 38.5 Å². The van der Waals surface area contributed by atoms with Gasteiger partial charge in [-0.05, 0) is 31.6 Å². The van der Waals surface area contributed by atoms with Crippen molar-refractivity contribution in [2.75, 3.05) is 20.3 Å². The Morgan fingerprint density at radius 3 is 2.19 bits per heavy atom. The highest BCUT2D eigenvalue weighted by Gasteiger charge is 2.43. The second kappa shape index (κ2) is 13.8. The third kappa shape index (κ3) is 10.8. The molecule has 0 amide bonds. The smallest absolute Gasteiger partial charge is 0.283 e. The van der Waals surface area contributed by atoms with Gasteiger partial charge in [-0.15, -0.1) is 0 Å². The molecular weight excluding hydrogens is 360 g/mol. The summed E-state index contributed by atoms with van der Waals surface area (Å²) in [6.45, 7) is 8.77. The Hall–Kier alpha value is -0.250. The van der Waals surface area contributed by atoms with Crippen LogP contribution in [0.1, 0.15) is 79.1 Å². The quantitative estimate of drug-likeness (QED) is 0.166. The molecular formula is C18H38O7S. The Kier molecular flexibility index (Phi) is 13.7. The van der Waals surface area contributed by atoms with Crippen molar-refractivity contribution in [2.45, 2.75) is 84.5 Å². The lowest BCUT2D eigenvalue weighted by Gasteiger charge is -2.33. The minimum Gasteiger partial charge on any atom is -0.283 e. The monoisotopic (exact) mass is 398 g/mol. The van der Waals surface area contributed by atoms with Gasteiger partial charge in [0.15, 0.2) is 0 Å². The molecule has 0 saturated heterocycles. The lowest BCUT2D eigenvalue weighted by molar-refractivity contribution is -0.324. The summed E-state index contributed by atoms with van der Waals surface area (Å²) in [5.74, 6) is 0.673. The zero-order chi connectivity index (χ0) is 20.1. The molecule has 0 radical (unpaired) electrons. The Morgan fingerprint density at radius 1 is 1.04 bits per heavy atom. The summed E-state index contributed by atoms with van der Waals surface area (Å²) in [5, 5.41) is 0.